The number of carbonyl (C=O) groups excluding carboxylic acids is 2. The summed E-state index contributed by atoms with van der Waals surface area (Å²) in [6.45, 7) is 8.40. The van der Waals surface area contributed by atoms with Crippen LogP contribution in [0.3, 0.4) is 0 Å². The molecule has 1 fully saturated rings. The fraction of sp³-hybridized carbons (Fsp3) is 0.522. The van der Waals surface area contributed by atoms with Gasteiger partial charge in [-0.25, -0.2) is 14.6 Å². The van der Waals surface area contributed by atoms with Crippen LogP contribution in [0.5, 0.6) is 0 Å². The number of H-pyrrole nitrogens is 1. The summed E-state index contributed by atoms with van der Waals surface area (Å²) >= 11 is 1.02. The molecule has 2 aliphatic rings. The molecule has 7 nitrogen and oxygen atoms in total. The van der Waals surface area contributed by atoms with Crippen LogP contribution in [0.15, 0.2) is 34.0 Å². The minimum atomic E-state index is -1.28. The van der Waals surface area contributed by atoms with Gasteiger partial charge in [0.25, 0.3) is 0 Å². The van der Waals surface area contributed by atoms with Crippen molar-refractivity contribution in [1.29, 1.82) is 0 Å². The summed E-state index contributed by atoms with van der Waals surface area (Å²) in [5.41, 5.74) is 2.67. The second kappa shape index (κ2) is 8.57. The van der Waals surface area contributed by atoms with Gasteiger partial charge in [-0.05, 0) is 67.0 Å². The normalized spacial score (nSPS) is 26.5. The highest BCUT2D eigenvalue weighted by Gasteiger charge is 2.43. The van der Waals surface area contributed by atoms with E-state index in [1.54, 1.807) is 0 Å². The molecule has 1 aromatic carbocycles. The lowest BCUT2D eigenvalue weighted by atomic mass is 9.75. The highest BCUT2D eigenvalue weighted by Crippen LogP contribution is 2.39. The Kier molecular flexibility index (Phi) is 6.01. The van der Waals surface area contributed by atoms with Gasteiger partial charge in [0.2, 0.25) is 11.9 Å². The predicted molar refractivity (Wildman–Crippen MR) is 117 cm³/mol. The smallest absolute Gasteiger partial charge is 0.375 e. The molecule has 1 aliphatic carbocycles. The summed E-state index contributed by atoms with van der Waals surface area (Å²) in [5.74, 6) is -1.01. The Hall–Kier alpha value is -2.48. The molecule has 1 aromatic heterocycles. The van der Waals surface area contributed by atoms with Gasteiger partial charge in [-0.3, -0.25) is 0 Å². The quantitative estimate of drug-likeness (QED) is 0.647. The maximum atomic E-state index is 13.0. The molecule has 0 spiro atoms. The minimum absolute atomic E-state index is 0.107. The lowest BCUT2D eigenvalue weighted by Gasteiger charge is -2.37. The van der Waals surface area contributed by atoms with Gasteiger partial charge in [-0.1, -0.05) is 33.3 Å². The monoisotopic (exact) mass is 444 g/mol. The molecular formula is C23H28N2O5S. The van der Waals surface area contributed by atoms with E-state index in [1.807, 2.05) is 25.1 Å². The molecule has 2 N–H and O–H groups in total. The first kappa shape index (κ1) is 21.7. The highest BCUT2D eigenvalue weighted by molar-refractivity contribution is 8.03. The number of hydrogen-bond donors (Lipinski definition) is 2. The van der Waals surface area contributed by atoms with Crippen molar-refractivity contribution in [3.8, 4) is 0 Å². The molecule has 4 atom stereocenters. The molecule has 0 radical (unpaired) electrons. The van der Waals surface area contributed by atoms with E-state index in [-0.39, 0.29) is 16.9 Å². The number of rotatable bonds is 5. The Labute approximate surface area is 185 Å². The third kappa shape index (κ3) is 4.44. The zero-order chi connectivity index (χ0) is 22.3. The van der Waals surface area contributed by atoms with Crippen LogP contribution in [0.25, 0.3) is 11.0 Å². The van der Waals surface area contributed by atoms with E-state index < -0.39 is 23.8 Å². The number of ether oxygens (including phenoxy) is 2. The number of benzene rings is 1. The number of hydrogen-bond acceptors (Lipinski definition) is 7. The molecule has 4 rings (SSSR count). The van der Waals surface area contributed by atoms with Gasteiger partial charge >= 0.3 is 11.9 Å². The summed E-state index contributed by atoms with van der Waals surface area (Å²) in [7, 11) is 0. The number of carbonyl (C=O) groups is 2. The Bertz CT molecular complexity index is 1040. The number of fused-ring (bicyclic) bond motifs is 1. The van der Waals surface area contributed by atoms with E-state index >= 15 is 0 Å². The minimum Gasteiger partial charge on any atom is -0.501 e. The Balaban J connectivity index is 1.54. The van der Waals surface area contributed by atoms with Crippen LogP contribution in [-0.4, -0.2) is 39.2 Å². The second-order valence-corrected chi connectivity index (χ2v) is 9.99. The predicted octanol–water partition coefficient (Wildman–Crippen LogP) is 4.66. The van der Waals surface area contributed by atoms with Gasteiger partial charge in [0, 0.05) is 0 Å². The van der Waals surface area contributed by atoms with Gasteiger partial charge in [-0.15, -0.1) is 0 Å². The number of thioether (sulfide) groups is 1. The first-order valence-corrected chi connectivity index (χ1v) is 11.5. The van der Waals surface area contributed by atoms with Gasteiger partial charge in [-0.2, -0.15) is 0 Å². The van der Waals surface area contributed by atoms with E-state index in [1.165, 1.54) is 0 Å². The van der Waals surface area contributed by atoms with Crippen LogP contribution in [0.1, 0.15) is 45.6 Å². The number of aromatic amines is 1. The molecule has 8 heteroatoms. The van der Waals surface area contributed by atoms with Crippen molar-refractivity contribution < 1.29 is 24.2 Å². The summed E-state index contributed by atoms with van der Waals surface area (Å²) in [5, 5.41) is 10.7. The summed E-state index contributed by atoms with van der Waals surface area (Å²) in [6.07, 6.45) is 1.40. The van der Waals surface area contributed by atoms with Crippen LogP contribution < -0.4 is 0 Å². The van der Waals surface area contributed by atoms with Crippen molar-refractivity contribution >= 4 is 34.7 Å². The van der Waals surface area contributed by atoms with Crippen LogP contribution >= 0.6 is 11.8 Å². The molecule has 1 aliphatic heterocycles. The zero-order valence-corrected chi connectivity index (χ0v) is 19.0. The average Bonchev–Trinajstić information content (AvgIpc) is 3.23. The number of aliphatic hydroxyl groups excluding tert-OH is 1. The van der Waals surface area contributed by atoms with Crippen LogP contribution in [0.2, 0.25) is 0 Å². The molecule has 3 unspecified atom stereocenters. The number of aryl methyl sites for hydroxylation is 1. The van der Waals surface area contributed by atoms with Gasteiger partial charge in [0.15, 0.2) is 5.16 Å². The SMILES string of the molecule is Cc1ccc2nc(SC3=C(O)C(=O)OC3C(=O)O[C@@H]3CC(C)CCC3C(C)C)[nH]c2c1. The topological polar surface area (TPSA) is 102 Å². The van der Waals surface area contributed by atoms with E-state index in [9.17, 15) is 14.7 Å². The molecule has 2 aromatic rings. The van der Waals surface area contributed by atoms with Crippen LogP contribution in [0.4, 0.5) is 0 Å². The Morgan fingerprint density at radius 1 is 1.35 bits per heavy atom. The summed E-state index contributed by atoms with van der Waals surface area (Å²) in [6, 6.07) is 5.80. The molecule has 0 saturated heterocycles. The molecule has 0 bridgehead atoms. The molecule has 2 heterocycles. The zero-order valence-electron chi connectivity index (χ0n) is 18.2. The van der Waals surface area contributed by atoms with E-state index in [4.69, 9.17) is 9.47 Å². The largest absolute Gasteiger partial charge is 0.501 e. The number of nitrogens with zero attached hydrogens (tertiary/aromatic N) is 1. The number of esters is 2. The Morgan fingerprint density at radius 2 is 2.13 bits per heavy atom. The van der Waals surface area contributed by atoms with Crippen molar-refractivity contribution in [1.82, 2.24) is 9.97 Å². The van der Waals surface area contributed by atoms with Gasteiger partial charge < -0.3 is 19.6 Å². The Morgan fingerprint density at radius 3 is 2.87 bits per heavy atom. The first-order valence-electron chi connectivity index (χ1n) is 10.7. The van der Waals surface area contributed by atoms with Crippen LogP contribution in [-0.2, 0) is 19.1 Å². The second-order valence-electron chi connectivity index (χ2n) is 8.96. The van der Waals surface area contributed by atoms with Gasteiger partial charge in [0.05, 0.1) is 15.9 Å². The van der Waals surface area contributed by atoms with Crippen molar-refractivity contribution in [3.63, 3.8) is 0 Å². The molecule has 0 amide bonds. The third-order valence-corrected chi connectivity index (χ3v) is 7.17. The maximum absolute atomic E-state index is 13.0. The number of aliphatic hydroxyl groups is 1. The van der Waals surface area contributed by atoms with Crippen molar-refractivity contribution in [2.45, 2.75) is 64.3 Å². The molecular weight excluding hydrogens is 416 g/mol. The number of nitrogens with one attached hydrogen (secondary N) is 1. The highest BCUT2D eigenvalue weighted by atomic mass is 32.2. The summed E-state index contributed by atoms with van der Waals surface area (Å²) < 4.78 is 11.0. The lowest BCUT2D eigenvalue weighted by molar-refractivity contribution is -0.170. The van der Waals surface area contributed by atoms with Crippen molar-refractivity contribution in [2.24, 2.45) is 17.8 Å². The van der Waals surface area contributed by atoms with E-state index in [0.717, 1.165) is 47.6 Å². The van der Waals surface area contributed by atoms with Crippen molar-refractivity contribution in [2.75, 3.05) is 0 Å². The standard InChI is InChI=1S/C23H28N2O5S/c1-11(2)14-7-5-13(4)10-17(14)29-22(28)19-20(18(26)21(27)30-19)31-23-24-15-8-6-12(3)9-16(15)25-23/h6,8-9,11,13-14,17,19,26H,5,7,10H2,1-4H3,(H,24,25)/t13?,14?,17-,19?/m1/s1. The first-order chi connectivity index (χ1) is 14.7. The van der Waals surface area contributed by atoms with Crippen molar-refractivity contribution in [3.05, 3.63) is 34.4 Å². The third-order valence-electron chi connectivity index (χ3n) is 6.15. The fourth-order valence-corrected chi connectivity index (χ4v) is 5.36. The molecule has 166 valence electrons. The van der Waals surface area contributed by atoms with Crippen LogP contribution in [0, 0.1) is 24.7 Å². The number of aromatic nitrogens is 2. The lowest BCUT2D eigenvalue weighted by Crippen LogP contribution is -2.39. The average molecular weight is 445 g/mol. The molecule has 1 saturated carbocycles. The summed E-state index contributed by atoms with van der Waals surface area (Å²) in [4.78, 5) is 32.8. The maximum Gasteiger partial charge on any atom is 0.375 e. The van der Waals surface area contributed by atoms with E-state index in [2.05, 4.69) is 30.7 Å². The fourth-order valence-electron chi connectivity index (χ4n) is 4.41. The van der Waals surface area contributed by atoms with E-state index in [0.29, 0.717) is 17.0 Å². The number of imidazole rings is 1. The number of cyclic esters (lactones) is 1. The van der Waals surface area contributed by atoms with Gasteiger partial charge in [0.1, 0.15) is 6.10 Å². The molecule has 31 heavy (non-hydrogen) atoms.